The number of phenols is 1. The van der Waals surface area contributed by atoms with Crippen molar-refractivity contribution in [3.05, 3.63) is 65.2 Å². The molecule has 7 heteroatoms. The van der Waals surface area contributed by atoms with Gasteiger partial charge in [0.05, 0.1) is 24.0 Å². The van der Waals surface area contributed by atoms with Gasteiger partial charge in [-0.25, -0.2) is 0 Å². The van der Waals surface area contributed by atoms with Gasteiger partial charge in [0.25, 0.3) is 0 Å². The molecule has 4 N–H and O–H groups in total. The first kappa shape index (κ1) is 20.5. The van der Waals surface area contributed by atoms with Gasteiger partial charge in [-0.1, -0.05) is 18.2 Å². The number of aliphatic hydroxyl groups excluding tert-OH is 1. The van der Waals surface area contributed by atoms with Crippen LogP contribution in [0.2, 0.25) is 0 Å². The average Bonchev–Trinajstić information content (AvgIpc) is 3.00. The zero-order chi connectivity index (χ0) is 22.8. The van der Waals surface area contributed by atoms with Crippen LogP contribution in [0, 0.1) is 0 Å². The minimum absolute atomic E-state index is 0.0544. The van der Waals surface area contributed by atoms with Crippen LogP contribution in [0.5, 0.6) is 23.3 Å². The number of hydrogen-bond acceptors (Lipinski definition) is 6. The molecule has 2 heterocycles. The van der Waals surface area contributed by atoms with E-state index >= 15 is 0 Å². The van der Waals surface area contributed by atoms with E-state index in [9.17, 15) is 20.4 Å². The molecule has 7 nitrogen and oxygen atoms in total. The summed E-state index contributed by atoms with van der Waals surface area (Å²) in [5.74, 6) is -0.413. The molecule has 1 aliphatic carbocycles. The van der Waals surface area contributed by atoms with E-state index in [1.165, 1.54) is 23.8 Å². The van der Waals surface area contributed by atoms with Gasteiger partial charge < -0.3 is 29.9 Å². The number of ether oxygens (including phenoxy) is 2. The van der Waals surface area contributed by atoms with Crippen molar-refractivity contribution in [3.63, 3.8) is 0 Å². The number of nitrogens with zero attached hydrogens (tertiary/aromatic N) is 1. The van der Waals surface area contributed by atoms with Crippen LogP contribution in [0.15, 0.2) is 48.5 Å². The van der Waals surface area contributed by atoms with Gasteiger partial charge in [0.2, 0.25) is 11.8 Å². The zero-order valence-electron chi connectivity index (χ0n) is 18.0. The molecule has 2 atom stereocenters. The van der Waals surface area contributed by atoms with Crippen LogP contribution in [0.4, 0.5) is 0 Å². The number of benzene rings is 2. The second-order valence-electron chi connectivity index (χ2n) is 8.70. The maximum atomic E-state index is 11.5. The lowest BCUT2D eigenvalue weighted by Crippen LogP contribution is -2.40. The van der Waals surface area contributed by atoms with Crippen LogP contribution in [-0.2, 0) is 4.74 Å². The van der Waals surface area contributed by atoms with Crippen LogP contribution in [0.25, 0.3) is 16.8 Å². The molecule has 0 bridgehead atoms. The Morgan fingerprint density at radius 1 is 1.03 bits per heavy atom. The molecule has 3 aromatic rings. The summed E-state index contributed by atoms with van der Waals surface area (Å²) in [6.45, 7) is 3.79. The van der Waals surface area contributed by atoms with Crippen molar-refractivity contribution in [2.24, 2.45) is 0 Å². The van der Waals surface area contributed by atoms with Crippen molar-refractivity contribution in [1.82, 2.24) is 4.57 Å². The Kier molecular flexibility index (Phi) is 4.51. The number of methoxy groups -OCH3 is 1. The fourth-order valence-corrected chi connectivity index (χ4v) is 5.04. The first-order valence-electron chi connectivity index (χ1n) is 10.4. The van der Waals surface area contributed by atoms with Crippen LogP contribution >= 0.6 is 0 Å². The summed E-state index contributed by atoms with van der Waals surface area (Å²) < 4.78 is 13.0. The Labute approximate surface area is 185 Å². The third-order valence-corrected chi connectivity index (χ3v) is 6.31. The Bertz CT molecular complexity index is 1240. The van der Waals surface area contributed by atoms with Crippen molar-refractivity contribution >= 4 is 11.1 Å². The van der Waals surface area contributed by atoms with Crippen LogP contribution in [0.1, 0.15) is 36.5 Å². The fraction of sp³-hybridized carbons (Fsp3) is 0.280. The van der Waals surface area contributed by atoms with E-state index in [-0.39, 0.29) is 24.1 Å². The van der Waals surface area contributed by atoms with E-state index in [0.29, 0.717) is 39.3 Å². The Hall–Kier alpha value is -3.42. The minimum atomic E-state index is -1.03. The van der Waals surface area contributed by atoms with Gasteiger partial charge >= 0.3 is 0 Å². The number of rotatable bonds is 3. The molecule has 0 radical (unpaired) electrons. The monoisotopic (exact) mass is 435 g/mol. The Morgan fingerprint density at radius 3 is 2.44 bits per heavy atom. The maximum Gasteiger partial charge on any atom is 0.206 e. The van der Waals surface area contributed by atoms with Crippen molar-refractivity contribution < 1.29 is 29.9 Å². The highest BCUT2D eigenvalue weighted by Crippen LogP contribution is 2.58. The van der Waals surface area contributed by atoms with Gasteiger partial charge in [-0.05, 0) is 38.1 Å². The van der Waals surface area contributed by atoms with E-state index in [0.717, 1.165) is 0 Å². The molecular weight excluding hydrogens is 410 g/mol. The van der Waals surface area contributed by atoms with Gasteiger partial charge in [-0.3, -0.25) is 4.57 Å². The quantitative estimate of drug-likeness (QED) is 0.499. The Morgan fingerprint density at radius 2 is 1.75 bits per heavy atom. The lowest BCUT2D eigenvalue weighted by atomic mass is 9.70. The SMILES string of the molecule is COC[C@@H]1c2c(c(O)n(-c3ccccc3)c2O)C2=C(c3ccc(O)cc3OC2(C)C)[C@H]1O. The minimum Gasteiger partial charge on any atom is -0.508 e. The number of aliphatic hydroxyl groups is 1. The first-order chi connectivity index (χ1) is 15.3. The number of para-hydroxylation sites is 1. The highest BCUT2D eigenvalue weighted by atomic mass is 16.5. The average molecular weight is 435 g/mol. The normalized spacial score (nSPS) is 20.9. The lowest BCUT2D eigenvalue weighted by molar-refractivity contribution is 0.108. The summed E-state index contributed by atoms with van der Waals surface area (Å²) in [6.07, 6.45) is -1.03. The summed E-state index contributed by atoms with van der Waals surface area (Å²) in [6, 6.07) is 13.8. The third-order valence-electron chi connectivity index (χ3n) is 6.31. The van der Waals surface area contributed by atoms with E-state index in [1.807, 2.05) is 32.0 Å². The standard InChI is InChI=1S/C25H25NO6/c1-25(2)21-19(15-10-9-14(27)11-17(15)32-25)22(28)16(12-31-3)18-20(21)24(30)26(23(18)29)13-7-5-4-6-8-13/h4-11,16,22,27-30H,12H2,1-3H3/t16-,22+/m1/s1. The molecule has 5 rings (SSSR count). The lowest BCUT2D eigenvalue weighted by Gasteiger charge is -2.43. The van der Waals surface area contributed by atoms with Gasteiger partial charge in [-0.2, -0.15) is 0 Å². The van der Waals surface area contributed by atoms with Gasteiger partial charge in [0.15, 0.2) is 0 Å². The molecular formula is C25H25NO6. The van der Waals surface area contributed by atoms with Crippen LogP contribution in [-0.4, -0.2) is 50.4 Å². The molecule has 2 aromatic carbocycles. The predicted molar refractivity (Wildman–Crippen MR) is 119 cm³/mol. The Balaban J connectivity index is 1.88. The molecule has 32 heavy (non-hydrogen) atoms. The molecule has 1 aliphatic heterocycles. The van der Waals surface area contributed by atoms with E-state index in [2.05, 4.69) is 0 Å². The smallest absolute Gasteiger partial charge is 0.206 e. The summed E-state index contributed by atoms with van der Waals surface area (Å²) >= 11 is 0. The zero-order valence-corrected chi connectivity index (χ0v) is 18.0. The molecule has 0 unspecified atom stereocenters. The number of aromatic hydroxyl groups is 3. The molecule has 0 saturated heterocycles. The topological polar surface area (TPSA) is 104 Å². The fourth-order valence-electron chi connectivity index (χ4n) is 5.04. The summed E-state index contributed by atoms with van der Waals surface area (Å²) in [5.41, 5.74) is 2.28. The second-order valence-corrected chi connectivity index (χ2v) is 8.70. The highest BCUT2D eigenvalue weighted by molar-refractivity contribution is 6.03. The number of aromatic nitrogens is 1. The first-order valence-corrected chi connectivity index (χ1v) is 10.4. The maximum absolute atomic E-state index is 11.5. The molecule has 0 saturated carbocycles. The summed E-state index contributed by atoms with van der Waals surface area (Å²) in [4.78, 5) is 0. The van der Waals surface area contributed by atoms with E-state index in [4.69, 9.17) is 9.47 Å². The van der Waals surface area contributed by atoms with E-state index in [1.54, 1.807) is 18.2 Å². The number of fused-ring (bicyclic) bond motifs is 4. The largest absolute Gasteiger partial charge is 0.508 e. The van der Waals surface area contributed by atoms with E-state index < -0.39 is 17.6 Å². The molecule has 0 spiro atoms. The summed E-state index contributed by atoms with van der Waals surface area (Å²) in [5, 5.41) is 44.1. The van der Waals surface area contributed by atoms with Crippen molar-refractivity contribution in [1.29, 1.82) is 0 Å². The number of hydrogen-bond donors (Lipinski definition) is 4. The molecule has 2 aliphatic rings. The van der Waals surface area contributed by atoms with Gasteiger partial charge in [0, 0.05) is 41.4 Å². The second kappa shape index (κ2) is 7.05. The highest BCUT2D eigenvalue weighted by Gasteiger charge is 2.49. The van der Waals surface area contributed by atoms with Crippen molar-refractivity contribution in [2.75, 3.05) is 13.7 Å². The molecule has 0 amide bonds. The van der Waals surface area contributed by atoms with Crippen molar-refractivity contribution in [3.8, 4) is 28.9 Å². The molecule has 0 fully saturated rings. The third kappa shape index (κ3) is 2.75. The van der Waals surface area contributed by atoms with Gasteiger partial charge in [0.1, 0.15) is 17.1 Å². The number of phenolic OH excluding ortho intramolecular Hbond substituents is 1. The van der Waals surface area contributed by atoms with Crippen LogP contribution in [0.3, 0.4) is 0 Å². The van der Waals surface area contributed by atoms with Gasteiger partial charge in [-0.15, -0.1) is 0 Å². The van der Waals surface area contributed by atoms with Crippen molar-refractivity contribution in [2.45, 2.75) is 31.5 Å². The molecule has 1 aromatic heterocycles. The summed E-state index contributed by atoms with van der Waals surface area (Å²) in [7, 11) is 1.53. The molecule has 166 valence electrons. The van der Waals surface area contributed by atoms with Crippen LogP contribution < -0.4 is 4.74 Å². The predicted octanol–water partition coefficient (Wildman–Crippen LogP) is 3.78.